The van der Waals surface area contributed by atoms with Crippen molar-refractivity contribution in [3.63, 3.8) is 0 Å². The van der Waals surface area contributed by atoms with Crippen LogP contribution in [0.5, 0.6) is 17.2 Å². The van der Waals surface area contributed by atoms with Gasteiger partial charge in [-0.3, -0.25) is 0 Å². The second-order valence-electron chi connectivity index (χ2n) is 8.76. The van der Waals surface area contributed by atoms with Crippen LogP contribution >= 0.6 is 0 Å². The molecule has 1 atom stereocenters. The van der Waals surface area contributed by atoms with Crippen LogP contribution in [0.4, 0.5) is 30.7 Å². The predicted octanol–water partition coefficient (Wildman–Crippen LogP) is 8.31. The van der Waals surface area contributed by atoms with Gasteiger partial charge in [0.15, 0.2) is 28.9 Å². The molecular formula is C28H25F7O4. The van der Waals surface area contributed by atoms with Gasteiger partial charge in [0.2, 0.25) is 11.6 Å². The Labute approximate surface area is 220 Å². The standard InChI is InChI=1S/C28H25F7O4/c1-4-5-8-13-37-26-24(32)22(30)21(23(31)25(26)33)15(2)16-11-12-17(18(29)14-16)27(36)38-19-9-6-7-10-20(19)39-28(3,34)35/h6-7,9-12,14-15H,4-5,8,13H2,1-3H3. The van der Waals surface area contributed by atoms with Crippen LogP contribution in [0.1, 0.15) is 67.4 Å². The van der Waals surface area contributed by atoms with Crippen LogP contribution in [0.2, 0.25) is 0 Å². The molecule has 0 amide bonds. The van der Waals surface area contributed by atoms with E-state index in [9.17, 15) is 35.5 Å². The highest BCUT2D eigenvalue weighted by Crippen LogP contribution is 2.37. The van der Waals surface area contributed by atoms with Crippen LogP contribution in [0.25, 0.3) is 0 Å². The molecule has 0 aliphatic carbocycles. The van der Waals surface area contributed by atoms with Crippen LogP contribution < -0.4 is 14.2 Å². The lowest BCUT2D eigenvalue weighted by Crippen LogP contribution is -2.20. The summed E-state index contributed by atoms with van der Waals surface area (Å²) < 4.78 is 115. The van der Waals surface area contributed by atoms with Gasteiger partial charge in [-0.1, -0.05) is 44.9 Å². The number of hydrogen-bond acceptors (Lipinski definition) is 4. The molecule has 0 aliphatic heterocycles. The zero-order chi connectivity index (χ0) is 28.9. The first kappa shape index (κ1) is 29.8. The highest BCUT2D eigenvalue weighted by Gasteiger charge is 2.31. The van der Waals surface area contributed by atoms with E-state index in [4.69, 9.17) is 9.47 Å². The molecule has 0 bridgehead atoms. The molecule has 0 fully saturated rings. The maximum Gasteiger partial charge on any atom is 0.395 e. The summed E-state index contributed by atoms with van der Waals surface area (Å²) >= 11 is 0. The normalized spacial score (nSPS) is 12.3. The molecule has 3 aromatic rings. The molecule has 0 radical (unpaired) electrons. The smallest absolute Gasteiger partial charge is 0.395 e. The van der Waals surface area contributed by atoms with Crippen molar-refractivity contribution in [2.45, 2.75) is 52.1 Å². The summed E-state index contributed by atoms with van der Waals surface area (Å²) in [5.41, 5.74) is -1.75. The average molecular weight is 558 g/mol. The third kappa shape index (κ3) is 7.01. The second kappa shape index (κ2) is 12.4. The molecule has 1 unspecified atom stereocenters. The Kier molecular flexibility index (Phi) is 9.47. The van der Waals surface area contributed by atoms with E-state index >= 15 is 0 Å². The molecular weight excluding hydrogens is 533 g/mol. The monoisotopic (exact) mass is 558 g/mol. The molecule has 0 spiro atoms. The fourth-order valence-corrected chi connectivity index (χ4v) is 3.76. The third-order valence-corrected chi connectivity index (χ3v) is 5.74. The number of rotatable bonds is 11. The largest absolute Gasteiger partial charge is 0.487 e. The van der Waals surface area contributed by atoms with Crippen molar-refractivity contribution >= 4 is 5.97 Å². The summed E-state index contributed by atoms with van der Waals surface area (Å²) in [5, 5.41) is 0. The van der Waals surface area contributed by atoms with E-state index in [0.29, 0.717) is 19.8 Å². The molecule has 39 heavy (non-hydrogen) atoms. The van der Waals surface area contributed by atoms with Crippen molar-refractivity contribution in [1.82, 2.24) is 0 Å². The van der Waals surface area contributed by atoms with E-state index in [1.807, 2.05) is 6.92 Å². The first-order valence-corrected chi connectivity index (χ1v) is 12.0. The Balaban J connectivity index is 1.86. The summed E-state index contributed by atoms with van der Waals surface area (Å²) in [7, 11) is 0. The van der Waals surface area contributed by atoms with Gasteiger partial charge in [0.25, 0.3) is 0 Å². The molecule has 210 valence electrons. The number of ether oxygens (including phenoxy) is 3. The van der Waals surface area contributed by atoms with Crippen molar-refractivity contribution in [3.05, 3.63) is 88.2 Å². The quantitative estimate of drug-likeness (QED) is 0.0781. The summed E-state index contributed by atoms with van der Waals surface area (Å²) in [6.45, 7) is 3.41. The Morgan fingerprint density at radius 2 is 1.51 bits per heavy atom. The van der Waals surface area contributed by atoms with Crippen LogP contribution in [-0.4, -0.2) is 18.7 Å². The van der Waals surface area contributed by atoms with Crippen molar-refractivity contribution in [1.29, 1.82) is 0 Å². The Hall–Kier alpha value is -3.76. The Bertz CT molecular complexity index is 1310. The molecule has 11 heteroatoms. The third-order valence-electron chi connectivity index (χ3n) is 5.74. The number of benzene rings is 3. The lowest BCUT2D eigenvalue weighted by atomic mass is 9.91. The van der Waals surface area contributed by atoms with Gasteiger partial charge in [-0.2, -0.15) is 17.6 Å². The number of hydrogen-bond donors (Lipinski definition) is 0. The lowest BCUT2D eigenvalue weighted by Gasteiger charge is -2.18. The van der Waals surface area contributed by atoms with Crippen molar-refractivity contribution in [2.24, 2.45) is 0 Å². The van der Waals surface area contributed by atoms with E-state index in [1.165, 1.54) is 19.1 Å². The average Bonchev–Trinajstić information content (AvgIpc) is 2.87. The van der Waals surface area contributed by atoms with Crippen LogP contribution in [-0.2, 0) is 0 Å². The van der Waals surface area contributed by atoms with E-state index in [0.717, 1.165) is 36.8 Å². The number of unbranched alkanes of at least 4 members (excludes halogenated alkanes) is 2. The number of carbonyl (C=O) groups is 1. The van der Waals surface area contributed by atoms with Gasteiger partial charge in [0.05, 0.1) is 12.2 Å². The maximum absolute atomic E-state index is 14.9. The molecule has 0 saturated carbocycles. The first-order valence-electron chi connectivity index (χ1n) is 12.0. The molecule has 0 N–H and O–H groups in total. The Morgan fingerprint density at radius 3 is 2.08 bits per heavy atom. The van der Waals surface area contributed by atoms with Crippen molar-refractivity contribution < 1.29 is 49.7 Å². The SMILES string of the molecule is CCCCCOc1c(F)c(F)c(C(C)c2ccc(C(=O)Oc3ccccc3OC(C)(F)F)c(F)c2)c(F)c1F. The zero-order valence-corrected chi connectivity index (χ0v) is 21.2. The van der Waals surface area contributed by atoms with E-state index < -0.39 is 75.5 Å². The fourth-order valence-electron chi connectivity index (χ4n) is 3.76. The zero-order valence-electron chi connectivity index (χ0n) is 21.2. The van der Waals surface area contributed by atoms with Gasteiger partial charge in [0, 0.05) is 18.4 Å². The van der Waals surface area contributed by atoms with E-state index in [-0.39, 0.29) is 12.2 Å². The highest BCUT2D eigenvalue weighted by atomic mass is 19.3. The topological polar surface area (TPSA) is 44.8 Å². The molecule has 3 rings (SSSR count). The molecule has 4 nitrogen and oxygen atoms in total. The summed E-state index contributed by atoms with van der Waals surface area (Å²) in [6, 6.07) is 7.76. The van der Waals surface area contributed by atoms with Gasteiger partial charge < -0.3 is 14.2 Å². The number of alkyl halides is 2. The van der Waals surface area contributed by atoms with Crippen LogP contribution in [0.15, 0.2) is 42.5 Å². The second-order valence-corrected chi connectivity index (χ2v) is 8.76. The van der Waals surface area contributed by atoms with Crippen LogP contribution in [0.3, 0.4) is 0 Å². The van der Waals surface area contributed by atoms with Crippen molar-refractivity contribution in [2.75, 3.05) is 6.61 Å². The summed E-state index contributed by atoms with van der Waals surface area (Å²) in [5.74, 6) is -12.7. The highest BCUT2D eigenvalue weighted by molar-refractivity contribution is 5.91. The number of esters is 1. The van der Waals surface area contributed by atoms with E-state index in [1.54, 1.807) is 0 Å². The molecule has 0 heterocycles. The van der Waals surface area contributed by atoms with Gasteiger partial charge in [-0.05, 0) is 36.2 Å². The minimum Gasteiger partial charge on any atom is -0.487 e. The lowest BCUT2D eigenvalue weighted by molar-refractivity contribution is -0.159. The predicted molar refractivity (Wildman–Crippen MR) is 128 cm³/mol. The number of halogens is 7. The Morgan fingerprint density at radius 1 is 0.897 bits per heavy atom. The van der Waals surface area contributed by atoms with Gasteiger partial charge >= 0.3 is 12.1 Å². The fraction of sp³-hybridized carbons (Fsp3) is 0.321. The molecule has 0 saturated heterocycles. The van der Waals surface area contributed by atoms with Gasteiger partial charge in [0.1, 0.15) is 5.82 Å². The molecule has 3 aromatic carbocycles. The maximum atomic E-state index is 14.9. The summed E-state index contributed by atoms with van der Waals surface area (Å²) in [6.07, 6.45) is -1.68. The van der Waals surface area contributed by atoms with Gasteiger partial charge in [-0.25, -0.2) is 18.0 Å². The van der Waals surface area contributed by atoms with Crippen LogP contribution in [0, 0.1) is 29.1 Å². The minimum atomic E-state index is -3.59. The minimum absolute atomic E-state index is 0.119. The summed E-state index contributed by atoms with van der Waals surface area (Å²) in [4.78, 5) is 12.5. The molecule has 0 aromatic heterocycles. The number of para-hydroxylation sites is 2. The van der Waals surface area contributed by atoms with Gasteiger partial charge in [-0.15, -0.1) is 0 Å². The molecule has 0 aliphatic rings. The van der Waals surface area contributed by atoms with Crippen molar-refractivity contribution in [3.8, 4) is 17.2 Å². The number of carbonyl (C=O) groups excluding carboxylic acids is 1. The van der Waals surface area contributed by atoms with E-state index in [2.05, 4.69) is 4.74 Å². The first-order chi connectivity index (χ1) is 18.4.